The Labute approximate surface area is 117 Å². The van der Waals surface area contributed by atoms with Gasteiger partial charge in [-0.2, -0.15) is 0 Å². The molecule has 5 heteroatoms. The second-order valence-electron chi connectivity index (χ2n) is 4.72. The Hall–Kier alpha value is -1.49. The molecule has 0 aliphatic rings. The highest BCUT2D eigenvalue weighted by atomic mass is 32.2. The third kappa shape index (κ3) is 4.95. The molecule has 0 heterocycles. The molecule has 1 rings (SSSR count). The van der Waals surface area contributed by atoms with Gasteiger partial charge in [0, 0.05) is 10.5 Å². The molecule has 1 amide bonds. The third-order valence-electron chi connectivity index (χ3n) is 2.66. The summed E-state index contributed by atoms with van der Waals surface area (Å²) >= 11 is 1.59. The number of hydrogen-bond donors (Lipinski definition) is 2. The summed E-state index contributed by atoms with van der Waals surface area (Å²) in [6.07, 6.45) is 2.38. The number of rotatable bonds is 6. The first-order valence-corrected chi connectivity index (χ1v) is 7.34. The van der Waals surface area contributed by atoms with Crippen LogP contribution in [0.4, 0.5) is 0 Å². The summed E-state index contributed by atoms with van der Waals surface area (Å²) in [7, 11) is 0. The number of amides is 1. The molecule has 1 aromatic rings. The molecule has 0 radical (unpaired) electrons. The minimum absolute atomic E-state index is 0.209. The zero-order chi connectivity index (χ0) is 14.4. The molecule has 0 spiro atoms. The minimum Gasteiger partial charge on any atom is -0.480 e. The quantitative estimate of drug-likeness (QED) is 0.787. The number of carboxylic acids is 1. The highest BCUT2D eigenvalue weighted by Crippen LogP contribution is 2.15. The highest BCUT2D eigenvalue weighted by molar-refractivity contribution is 7.98. The molecular weight excluding hydrogens is 262 g/mol. The van der Waals surface area contributed by atoms with Crippen LogP contribution in [0.1, 0.15) is 30.6 Å². The molecule has 0 bridgehead atoms. The van der Waals surface area contributed by atoms with Crippen LogP contribution in [0.2, 0.25) is 0 Å². The van der Waals surface area contributed by atoms with Crippen LogP contribution in [0.25, 0.3) is 0 Å². The Kier molecular flexibility index (Phi) is 5.89. The van der Waals surface area contributed by atoms with Crippen LogP contribution in [0.3, 0.4) is 0 Å². The number of carboxylic acid groups (broad SMARTS) is 1. The van der Waals surface area contributed by atoms with Gasteiger partial charge in [-0.05, 0) is 42.9 Å². The molecule has 4 nitrogen and oxygen atoms in total. The van der Waals surface area contributed by atoms with Crippen LogP contribution >= 0.6 is 11.8 Å². The zero-order valence-electron chi connectivity index (χ0n) is 11.3. The molecule has 2 N–H and O–H groups in total. The van der Waals surface area contributed by atoms with Crippen molar-refractivity contribution in [2.24, 2.45) is 5.92 Å². The Balaban J connectivity index is 2.72. The first-order chi connectivity index (χ1) is 8.93. The van der Waals surface area contributed by atoms with Gasteiger partial charge in [0.1, 0.15) is 6.04 Å². The van der Waals surface area contributed by atoms with Crippen LogP contribution in [-0.4, -0.2) is 29.3 Å². The minimum atomic E-state index is -0.997. The van der Waals surface area contributed by atoms with Crippen LogP contribution in [0.15, 0.2) is 29.2 Å². The maximum absolute atomic E-state index is 12.0. The first-order valence-electron chi connectivity index (χ1n) is 6.11. The maximum atomic E-state index is 12.0. The van der Waals surface area contributed by atoms with E-state index >= 15 is 0 Å². The van der Waals surface area contributed by atoms with Crippen molar-refractivity contribution in [1.29, 1.82) is 0 Å². The molecule has 1 unspecified atom stereocenters. The second-order valence-corrected chi connectivity index (χ2v) is 5.60. The van der Waals surface area contributed by atoms with E-state index in [1.54, 1.807) is 23.9 Å². The molecule has 104 valence electrons. The van der Waals surface area contributed by atoms with Crippen molar-refractivity contribution in [3.05, 3.63) is 29.8 Å². The molecule has 0 saturated heterocycles. The lowest BCUT2D eigenvalue weighted by Crippen LogP contribution is -2.41. The summed E-state index contributed by atoms with van der Waals surface area (Å²) < 4.78 is 0. The molecule has 0 fully saturated rings. The Bertz CT molecular complexity index is 443. The zero-order valence-corrected chi connectivity index (χ0v) is 12.2. The fourth-order valence-corrected chi connectivity index (χ4v) is 2.09. The molecule has 0 aliphatic carbocycles. The molecule has 0 aliphatic heterocycles. The summed E-state index contributed by atoms with van der Waals surface area (Å²) in [5.74, 6) is -1.14. The second kappa shape index (κ2) is 7.19. The average Bonchev–Trinajstić information content (AvgIpc) is 2.37. The van der Waals surface area contributed by atoms with Gasteiger partial charge in [0.05, 0.1) is 0 Å². The van der Waals surface area contributed by atoms with Gasteiger partial charge in [-0.3, -0.25) is 4.79 Å². The van der Waals surface area contributed by atoms with Crippen LogP contribution in [-0.2, 0) is 4.79 Å². The van der Waals surface area contributed by atoms with Crippen molar-refractivity contribution in [3.63, 3.8) is 0 Å². The number of thioether (sulfide) groups is 1. The van der Waals surface area contributed by atoms with Gasteiger partial charge < -0.3 is 10.4 Å². The highest BCUT2D eigenvalue weighted by Gasteiger charge is 2.21. The van der Waals surface area contributed by atoms with Crippen molar-refractivity contribution >= 4 is 23.6 Å². The summed E-state index contributed by atoms with van der Waals surface area (Å²) in [5.41, 5.74) is 0.479. The van der Waals surface area contributed by atoms with E-state index in [9.17, 15) is 9.59 Å². The summed E-state index contributed by atoms with van der Waals surface area (Å²) in [5, 5.41) is 11.6. The Morgan fingerprint density at radius 1 is 1.26 bits per heavy atom. The van der Waals surface area contributed by atoms with E-state index in [0.29, 0.717) is 12.0 Å². The number of carbonyl (C=O) groups excluding carboxylic acids is 1. The van der Waals surface area contributed by atoms with Crippen molar-refractivity contribution in [2.75, 3.05) is 6.26 Å². The van der Waals surface area contributed by atoms with Gasteiger partial charge >= 0.3 is 5.97 Å². The van der Waals surface area contributed by atoms with Gasteiger partial charge in [-0.1, -0.05) is 13.8 Å². The van der Waals surface area contributed by atoms with E-state index in [2.05, 4.69) is 5.32 Å². The lowest BCUT2D eigenvalue weighted by atomic mass is 10.0. The SMILES string of the molecule is CSc1ccc(C(=O)NC(CC(C)C)C(=O)O)cc1. The van der Waals surface area contributed by atoms with Crippen molar-refractivity contribution in [1.82, 2.24) is 5.32 Å². The standard InChI is InChI=1S/C14H19NO3S/c1-9(2)8-12(14(17)18)15-13(16)10-4-6-11(19-3)7-5-10/h4-7,9,12H,8H2,1-3H3,(H,15,16)(H,17,18). The predicted octanol–water partition coefficient (Wildman–Crippen LogP) is 2.64. The summed E-state index contributed by atoms with van der Waals surface area (Å²) in [6.45, 7) is 3.85. The topological polar surface area (TPSA) is 66.4 Å². The molecule has 1 aromatic carbocycles. The molecule has 19 heavy (non-hydrogen) atoms. The Morgan fingerprint density at radius 2 is 1.84 bits per heavy atom. The van der Waals surface area contributed by atoms with Gasteiger partial charge in [0.25, 0.3) is 5.91 Å². The largest absolute Gasteiger partial charge is 0.480 e. The van der Waals surface area contributed by atoms with Gasteiger partial charge in [-0.15, -0.1) is 11.8 Å². The van der Waals surface area contributed by atoms with E-state index in [1.165, 1.54) is 0 Å². The smallest absolute Gasteiger partial charge is 0.326 e. The fourth-order valence-electron chi connectivity index (χ4n) is 1.68. The number of benzene rings is 1. The lowest BCUT2D eigenvalue weighted by molar-refractivity contribution is -0.139. The monoisotopic (exact) mass is 281 g/mol. The molecule has 0 aromatic heterocycles. The van der Waals surface area contributed by atoms with E-state index in [0.717, 1.165) is 4.90 Å². The molecule has 0 saturated carbocycles. The first kappa shape index (κ1) is 15.6. The number of hydrogen-bond acceptors (Lipinski definition) is 3. The summed E-state index contributed by atoms with van der Waals surface area (Å²) in [4.78, 5) is 24.1. The van der Waals surface area contributed by atoms with Crippen molar-refractivity contribution in [2.45, 2.75) is 31.2 Å². The van der Waals surface area contributed by atoms with Gasteiger partial charge in [-0.25, -0.2) is 4.79 Å². The third-order valence-corrected chi connectivity index (χ3v) is 3.41. The van der Waals surface area contributed by atoms with Gasteiger partial charge in [0.15, 0.2) is 0 Å². The van der Waals surface area contributed by atoms with E-state index < -0.39 is 12.0 Å². The van der Waals surface area contributed by atoms with Crippen LogP contribution in [0, 0.1) is 5.92 Å². The maximum Gasteiger partial charge on any atom is 0.326 e. The van der Waals surface area contributed by atoms with Crippen LogP contribution in [0.5, 0.6) is 0 Å². The normalized spacial score (nSPS) is 12.2. The Morgan fingerprint density at radius 3 is 2.26 bits per heavy atom. The number of aliphatic carboxylic acids is 1. The van der Waals surface area contributed by atoms with Crippen molar-refractivity contribution in [3.8, 4) is 0 Å². The predicted molar refractivity (Wildman–Crippen MR) is 76.6 cm³/mol. The lowest BCUT2D eigenvalue weighted by Gasteiger charge is -2.16. The summed E-state index contributed by atoms with van der Waals surface area (Å²) in [6, 6.07) is 6.26. The fraction of sp³-hybridized carbons (Fsp3) is 0.429. The van der Waals surface area contributed by atoms with Crippen LogP contribution < -0.4 is 5.32 Å². The van der Waals surface area contributed by atoms with E-state index in [-0.39, 0.29) is 11.8 Å². The average molecular weight is 281 g/mol. The molecule has 1 atom stereocenters. The number of carbonyl (C=O) groups is 2. The molecular formula is C14H19NO3S. The van der Waals surface area contributed by atoms with Crippen molar-refractivity contribution < 1.29 is 14.7 Å². The van der Waals surface area contributed by atoms with E-state index in [4.69, 9.17) is 5.11 Å². The van der Waals surface area contributed by atoms with Gasteiger partial charge in [0.2, 0.25) is 0 Å². The number of nitrogens with one attached hydrogen (secondary N) is 1. The van der Waals surface area contributed by atoms with E-state index in [1.807, 2.05) is 32.2 Å².